The molecule has 1 fully saturated rings. The van der Waals surface area contributed by atoms with Crippen LogP contribution in [0.1, 0.15) is 24.8 Å². The predicted octanol–water partition coefficient (Wildman–Crippen LogP) is 1.70. The van der Waals surface area contributed by atoms with Crippen molar-refractivity contribution < 1.29 is 8.42 Å². The van der Waals surface area contributed by atoms with Crippen LogP contribution in [0.5, 0.6) is 0 Å². The fraction of sp³-hybridized carbons (Fsp3) is 0.462. The third-order valence-corrected chi connectivity index (χ3v) is 6.22. The molecule has 1 saturated carbocycles. The zero-order chi connectivity index (χ0) is 14.8. The van der Waals surface area contributed by atoms with Crippen LogP contribution in [0, 0.1) is 11.3 Å². The third-order valence-electron chi connectivity index (χ3n) is 3.49. The van der Waals surface area contributed by atoms with E-state index in [-0.39, 0.29) is 16.6 Å². The van der Waals surface area contributed by atoms with Gasteiger partial charge in [-0.1, -0.05) is 6.42 Å². The van der Waals surface area contributed by atoms with E-state index >= 15 is 0 Å². The molecule has 1 aromatic rings. The van der Waals surface area contributed by atoms with E-state index in [9.17, 15) is 8.42 Å². The molecule has 7 heteroatoms. The van der Waals surface area contributed by atoms with Crippen molar-refractivity contribution in [2.75, 3.05) is 12.0 Å². The lowest BCUT2D eigenvalue weighted by Gasteiger charge is -2.19. The van der Waals surface area contributed by atoms with Gasteiger partial charge in [-0.15, -0.1) is 0 Å². The summed E-state index contributed by atoms with van der Waals surface area (Å²) in [7, 11) is -3.64. The number of anilines is 1. The maximum atomic E-state index is 12.4. The number of nitrogens with one attached hydrogen (secondary N) is 1. The monoisotopic (exact) mass is 311 g/mol. The molecule has 1 aromatic carbocycles. The summed E-state index contributed by atoms with van der Waals surface area (Å²) in [5.74, 6) is 0. The number of rotatable bonds is 4. The molecule has 2 rings (SSSR count). The molecule has 0 aromatic heterocycles. The first-order valence-corrected chi connectivity index (χ1v) is 9.10. The van der Waals surface area contributed by atoms with Crippen LogP contribution in [-0.4, -0.2) is 26.0 Å². The second kappa shape index (κ2) is 6.04. The summed E-state index contributed by atoms with van der Waals surface area (Å²) in [6.45, 7) is 0. The average Bonchev–Trinajstić information content (AvgIpc) is 2.84. The van der Waals surface area contributed by atoms with Gasteiger partial charge in [-0.05, 0) is 37.3 Å². The fourth-order valence-electron chi connectivity index (χ4n) is 2.47. The van der Waals surface area contributed by atoms with Crippen LogP contribution in [0.2, 0.25) is 0 Å². The second-order valence-corrected chi connectivity index (χ2v) is 7.56. The van der Waals surface area contributed by atoms with E-state index in [0.717, 1.165) is 19.3 Å². The Bertz CT molecular complexity index is 638. The molecule has 0 saturated heterocycles. The molecule has 0 heterocycles. The number of thioether (sulfide) groups is 1. The van der Waals surface area contributed by atoms with Crippen LogP contribution in [-0.2, 0) is 10.0 Å². The number of hydrogen-bond donors (Lipinski definition) is 2. The average molecular weight is 311 g/mol. The number of benzene rings is 1. The van der Waals surface area contributed by atoms with E-state index in [1.165, 1.54) is 18.2 Å². The molecule has 0 bridgehead atoms. The van der Waals surface area contributed by atoms with Gasteiger partial charge < -0.3 is 5.73 Å². The van der Waals surface area contributed by atoms with Gasteiger partial charge >= 0.3 is 0 Å². The number of nitrogen functional groups attached to an aromatic ring is 1. The predicted molar refractivity (Wildman–Crippen MR) is 80.8 cm³/mol. The minimum Gasteiger partial charge on any atom is -0.398 e. The van der Waals surface area contributed by atoms with Crippen molar-refractivity contribution in [2.24, 2.45) is 0 Å². The molecule has 2 atom stereocenters. The third kappa shape index (κ3) is 3.08. The molecule has 0 spiro atoms. The van der Waals surface area contributed by atoms with Crippen molar-refractivity contribution in [2.45, 2.75) is 35.4 Å². The summed E-state index contributed by atoms with van der Waals surface area (Å²) in [5.41, 5.74) is 6.21. The SMILES string of the molecule is CSC1CCCC1NS(=O)(=O)c1ccc(C#N)cc1N. The van der Waals surface area contributed by atoms with Gasteiger partial charge in [0.05, 0.1) is 17.3 Å². The highest BCUT2D eigenvalue weighted by molar-refractivity contribution is 7.99. The van der Waals surface area contributed by atoms with E-state index in [1.54, 1.807) is 11.8 Å². The summed E-state index contributed by atoms with van der Waals surface area (Å²) in [6, 6.07) is 6.12. The highest BCUT2D eigenvalue weighted by atomic mass is 32.2. The Labute approximate surface area is 123 Å². The number of sulfonamides is 1. The lowest BCUT2D eigenvalue weighted by Crippen LogP contribution is -2.38. The lowest BCUT2D eigenvalue weighted by atomic mass is 10.2. The Morgan fingerprint density at radius 1 is 1.45 bits per heavy atom. The van der Waals surface area contributed by atoms with E-state index < -0.39 is 10.0 Å². The molecule has 2 unspecified atom stereocenters. The van der Waals surface area contributed by atoms with Gasteiger partial charge in [-0.2, -0.15) is 17.0 Å². The van der Waals surface area contributed by atoms with Gasteiger partial charge in [0.15, 0.2) is 0 Å². The van der Waals surface area contributed by atoms with Crippen LogP contribution < -0.4 is 10.5 Å². The Morgan fingerprint density at radius 3 is 2.80 bits per heavy atom. The molecule has 108 valence electrons. The van der Waals surface area contributed by atoms with Crippen molar-refractivity contribution in [1.29, 1.82) is 5.26 Å². The van der Waals surface area contributed by atoms with Crippen molar-refractivity contribution >= 4 is 27.5 Å². The first kappa shape index (κ1) is 15.2. The van der Waals surface area contributed by atoms with Gasteiger partial charge in [-0.3, -0.25) is 0 Å². The molecular formula is C13H17N3O2S2. The zero-order valence-corrected chi connectivity index (χ0v) is 12.8. The van der Waals surface area contributed by atoms with Crippen molar-refractivity contribution in [3.8, 4) is 6.07 Å². The van der Waals surface area contributed by atoms with Crippen molar-refractivity contribution in [3.05, 3.63) is 23.8 Å². The van der Waals surface area contributed by atoms with Crippen molar-refractivity contribution in [1.82, 2.24) is 4.72 Å². The normalized spacial score (nSPS) is 22.6. The second-order valence-electron chi connectivity index (χ2n) is 4.80. The standard InChI is InChI=1S/C13H17N3O2S2/c1-19-12-4-2-3-11(12)16-20(17,18)13-6-5-9(8-14)7-10(13)15/h5-7,11-12,16H,2-4,15H2,1H3. The van der Waals surface area contributed by atoms with Gasteiger partial charge in [0.25, 0.3) is 0 Å². The lowest BCUT2D eigenvalue weighted by molar-refractivity contribution is 0.555. The van der Waals surface area contributed by atoms with E-state index in [2.05, 4.69) is 4.72 Å². The number of nitriles is 1. The number of hydrogen-bond acceptors (Lipinski definition) is 5. The Hall–Kier alpha value is -1.23. The Balaban J connectivity index is 2.25. The highest BCUT2D eigenvalue weighted by Crippen LogP contribution is 2.30. The quantitative estimate of drug-likeness (QED) is 0.825. The van der Waals surface area contributed by atoms with Crippen LogP contribution in [0.15, 0.2) is 23.1 Å². The molecule has 20 heavy (non-hydrogen) atoms. The van der Waals surface area contributed by atoms with Gasteiger partial charge in [0.2, 0.25) is 10.0 Å². The first-order chi connectivity index (χ1) is 9.47. The Morgan fingerprint density at radius 2 is 2.20 bits per heavy atom. The Kier molecular flexibility index (Phi) is 4.58. The van der Waals surface area contributed by atoms with E-state index in [0.29, 0.717) is 10.8 Å². The maximum absolute atomic E-state index is 12.4. The van der Waals surface area contributed by atoms with Crippen molar-refractivity contribution in [3.63, 3.8) is 0 Å². The molecule has 0 amide bonds. The summed E-state index contributed by atoms with van der Waals surface area (Å²) < 4.78 is 27.5. The smallest absolute Gasteiger partial charge is 0.242 e. The molecule has 1 aliphatic carbocycles. The molecule has 0 radical (unpaired) electrons. The molecule has 1 aliphatic rings. The van der Waals surface area contributed by atoms with E-state index in [1.807, 2.05) is 12.3 Å². The molecule has 5 nitrogen and oxygen atoms in total. The summed E-state index contributed by atoms with van der Waals surface area (Å²) >= 11 is 1.69. The minimum absolute atomic E-state index is 0.0447. The summed E-state index contributed by atoms with van der Waals surface area (Å²) in [4.78, 5) is 0.0447. The summed E-state index contributed by atoms with van der Waals surface area (Å²) in [6.07, 6.45) is 4.90. The van der Waals surface area contributed by atoms with Gasteiger partial charge in [0, 0.05) is 11.3 Å². The van der Waals surface area contributed by atoms with Gasteiger partial charge in [-0.25, -0.2) is 13.1 Å². The largest absolute Gasteiger partial charge is 0.398 e. The van der Waals surface area contributed by atoms with Crippen LogP contribution in [0.25, 0.3) is 0 Å². The number of nitrogens with zero attached hydrogens (tertiary/aromatic N) is 1. The van der Waals surface area contributed by atoms with Gasteiger partial charge in [0.1, 0.15) is 4.90 Å². The molecule has 3 N–H and O–H groups in total. The topological polar surface area (TPSA) is 96.0 Å². The van der Waals surface area contributed by atoms with Crippen LogP contribution in [0.4, 0.5) is 5.69 Å². The summed E-state index contributed by atoms with van der Waals surface area (Å²) in [5, 5.41) is 9.09. The highest BCUT2D eigenvalue weighted by Gasteiger charge is 2.31. The minimum atomic E-state index is -3.64. The first-order valence-electron chi connectivity index (χ1n) is 6.32. The van der Waals surface area contributed by atoms with E-state index in [4.69, 9.17) is 11.0 Å². The van der Waals surface area contributed by atoms with Crippen LogP contribution >= 0.6 is 11.8 Å². The fourth-order valence-corrected chi connectivity index (χ4v) is 4.91. The number of nitrogens with two attached hydrogens (primary N) is 1. The zero-order valence-electron chi connectivity index (χ0n) is 11.2. The molecular weight excluding hydrogens is 294 g/mol. The maximum Gasteiger partial charge on any atom is 0.242 e. The molecule has 0 aliphatic heterocycles. The van der Waals surface area contributed by atoms with Crippen LogP contribution in [0.3, 0.4) is 0 Å².